The van der Waals surface area contributed by atoms with Gasteiger partial charge < -0.3 is 10.8 Å². The maximum absolute atomic E-state index is 10.6. The normalized spacial score (nSPS) is 12.4. The van der Waals surface area contributed by atoms with Gasteiger partial charge in [-0.3, -0.25) is 4.79 Å². The fraction of sp³-hybridized carbons (Fsp3) is 0.462. The second kappa shape index (κ2) is 6.28. The van der Waals surface area contributed by atoms with Crippen LogP contribution in [0.15, 0.2) is 24.3 Å². The zero-order valence-corrected chi connectivity index (χ0v) is 9.65. The summed E-state index contributed by atoms with van der Waals surface area (Å²) in [5.41, 5.74) is 7.75. The molecule has 1 aromatic carbocycles. The second-order valence-electron chi connectivity index (χ2n) is 4.07. The Morgan fingerprint density at radius 1 is 1.31 bits per heavy atom. The van der Waals surface area contributed by atoms with Gasteiger partial charge in [0, 0.05) is 0 Å². The molecule has 0 saturated heterocycles. The minimum absolute atomic E-state index is 0.392. The molecule has 0 heterocycles. The molecule has 0 spiro atoms. The van der Waals surface area contributed by atoms with Crippen molar-refractivity contribution in [2.24, 2.45) is 5.73 Å². The number of aliphatic carboxylic acids is 1. The zero-order chi connectivity index (χ0) is 12.0. The van der Waals surface area contributed by atoms with Crippen LogP contribution in [0, 0.1) is 0 Å². The van der Waals surface area contributed by atoms with Crippen LogP contribution in [0.25, 0.3) is 0 Å². The Labute approximate surface area is 96.3 Å². The van der Waals surface area contributed by atoms with Crippen LogP contribution in [0.4, 0.5) is 0 Å². The summed E-state index contributed by atoms with van der Waals surface area (Å²) in [5, 5.41) is 8.69. The van der Waals surface area contributed by atoms with Gasteiger partial charge in [-0.15, -0.1) is 0 Å². The van der Waals surface area contributed by atoms with Crippen LogP contribution in [-0.4, -0.2) is 17.1 Å². The molecule has 3 heteroatoms. The number of carboxylic acids is 1. The summed E-state index contributed by atoms with van der Waals surface area (Å²) in [6.07, 6.45) is 3.85. The van der Waals surface area contributed by atoms with Crippen molar-refractivity contribution in [1.29, 1.82) is 0 Å². The molecular weight excluding hydrogens is 202 g/mol. The number of benzene rings is 1. The first-order chi connectivity index (χ1) is 7.63. The summed E-state index contributed by atoms with van der Waals surface area (Å²) < 4.78 is 0. The number of hydrogen-bond acceptors (Lipinski definition) is 2. The fourth-order valence-corrected chi connectivity index (χ4v) is 1.56. The predicted molar refractivity (Wildman–Crippen MR) is 64.4 cm³/mol. The van der Waals surface area contributed by atoms with Crippen LogP contribution in [0.1, 0.15) is 30.9 Å². The highest BCUT2D eigenvalue weighted by Crippen LogP contribution is 2.09. The Morgan fingerprint density at radius 3 is 2.38 bits per heavy atom. The Bertz CT molecular complexity index is 332. The van der Waals surface area contributed by atoms with Crippen LogP contribution in [0.5, 0.6) is 0 Å². The lowest BCUT2D eigenvalue weighted by atomic mass is 10.0. The van der Waals surface area contributed by atoms with Gasteiger partial charge in [0.15, 0.2) is 0 Å². The van der Waals surface area contributed by atoms with Crippen molar-refractivity contribution < 1.29 is 9.90 Å². The molecule has 0 amide bonds. The van der Waals surface area contributed by atoms with E-state index in [2.05, 4.69) is 19.1 Å². The van der Waals surface area contributed by atoms with E-state index in [-0.39, 0.29) is 0 Å². The number of aryl methyl sites for hydroxylation is 1. The fourth-order valence-electron chi connectivity index (χ4n) is 1.56. The zero-order valence-electron chi connectivity index (χ0n) is 9.65. The van der Waals surface area contributed by atoms with E-state index in [0.717, 1.165) is 12.0 Å². The van der Waals surface area contributed by atoms with Gasteiger partial charge in [0.2, 0.25) is 0 Å². The first-order valence-corrected chi connectivity index (χ1v) is 5.69. The molecule has 1 aromatic rings. The smallest absolute Gasteiger partial charge is 0.320 e. The van der Waals surface area contributed by atoms with Crippen molar-refractivity contribution in [3.8, 4) is 0 Å². The lowest BCUT2D eigenvalue weighted by Crippen LogP contribution is -2.32. The Morgan fingerprint density at radius 2 is 1.88 bits per heavy atom. The average Bonchev–Trinajstić information content (AvgIpc) is 2.28. The van der Waals surface area contributed by atoms with Crippen LogP contribution < -0.4 is 5.73 Å². The number of unbranched alkanes of at least 4 members (excludes halogenated alkanes) is 1. The second-order valence-corrected chi connectivity index (χ2v) is 4.07. The third-order valence-electron chi connectivity index (χ3n) is 2.61. The molecule has 1 atom stereocenters. The summed E-state index contributed by atoms with van der Waals surface area (Å²) in [4.78, 5) is 10.6. The quantitative estimate of drug-likeness (QED) is 0.772. The number of carboxylic acid groups (broad SMARTS) is 1. The molecule has 3 N–H and O–H groups in total. The van der Waals surface area contributed by atoms with Gasteiger partial charge in [0.05, 0.1) is 0 Å². The average molecular weight is 221 g/mol. The molecule has 0 radical (unpaired) electrons. The molecule has 1 rings (SSSR count). The lowest BCUT2D eigenvalue weighted by molar-refractivity contribution is -0.138. The first-order valence-electron chi connectivity index (χ1n) is 5.69. The van der Waals surface area contributed by atoms with Crippen molar-refractivity contribution in [2.45, 2.75) is 38.6 Å². The summed E-state index contributed by atoms with van der Waals surface area (Å²) in [7, 11) is 0. The van der Waals surface area contributed by atoms with Gasteiger partial charge in [-0.2, -0.15) is 0 Å². The molecule has 0 saturated carbocycles. The van der Waals surface area contributed by atoms with Gasteiger partial charge in [-0.25, -0.2) is 0 Å². The highest BCUT2D eigenvalue weighted by molar-refractivity contribution is 5.73. The van der Waals surface area contributed by atoms with Gasteiger partial charge in [-0.05, 0) is 30.4 Å². The van der Waals surface area contributed by atoms with Crippen molar-refractivity contribution >= 4 is 5.97 Å². The minimum Gasteiger partial charge on any atom is -0.480 e. The standard InChI is InChI=1S/C13H19NO2/c1-2-3-4-10-5-7-11(8-6-10)9-12(14)13(15)16/h5-8,12H,2-4,9,14H2,1H3,(H,15,16)/t12-/m1/s1. The van der Waals surface area contributed by atoms with Crippen molar-refractivity contribution in [3.63, 3.8) is 0 Å². The number of carbonyl (C=O) groups is 1. The molecule has 16 heavy (non-hydrogen) atoms. The highest BCUT2D eigenvalue weighted by atomic mass is 16.4. The van der Waals surface area contributed by atoms with Gasteiger partial charge in [-0.1, -0.05) is 37.6 Å². The molecule has 0 aromatic heterocycles. The molecule has 0 fully saturated rings. The van der Waals surface area contributed by atoms with Crippen molar-refractivity contribution in [1.82, 2.24) is 0 Å². The molecule has 0 unspecified atom stereocenters. The number of nitrogens with two attached hydrogens (primary N) is 1. The van der Waals surface area contributed by atoms with E-state index in [9.17, 15) is 4.79 Å². The Balaban J connectivity index is 2.54. The summed E-state index contributed by atoms with van der Waals surface area (Å²) in [5.74, 6) is -0.949. The predicted octanol–water partition coefficient (Wildman–Crippen LogP) is 1.98. The number of rotatable bonds is 6. The largest absolute Gasteiger partial charge is 0.480 e. The van der Waals surface area contributed by atoms with Gasteiger partial charge in [0.25, 0.3) is 0 Å². The third kappa shape index (κ3) is 4.03. The van der Waals surface area contributed by atoms with E-state index in [1.165, 1.54) is 18.4 Å². The van der Waals surface area contributed by atoms with Crippen LogP contribution in [-0.2, 0) is 17.6 Å². The lowest BCUT2D eigenvalue weighted by Gasteiger charge is -2.07. The van der Waals surface area contributed by atoms with E-state index in [0.29, 0.717) is 6.42 Å². The SMILES string of the molecule is CCCCc1ccc(C[C@@H](N)C(=O)O)cc1. The summed E-state index contributed by atoms with van der Waals surface area (Å²) in [6, 6.07) is 7.24. The summed E-state index contributed by atoms with van der Waals surface area (Å²) in [6.45, 7) is 2.17. The molecule has 3 nitrogen and oxygen atoms in total. The van der Waals surface area contributed by atoms with E-state index >= 15 is 0 Å². The molecule has 0 bridgehead atoms. The highest BCUT2D eigenvalue weighted by Gasteiger charge is 2.11. The van der Waals surface area contributed by atoms with Crippen molar-refractivity contribution in [2.75, 3.05) is 0 Å². The topological polar surface area (TPSA) is 63.3 Å². The Hall–Kier alpha value is -1.35. The van der Waals surface area contributed by atoms with Crippen LogP contribution in [0.3, 0.4) is 0 Å². The molecule has 0 aliphatic heterocycles. The van der Waals surface area contributed by atoms with E-state index in [1.807, 2.05) is 12.1 Å². The number of hydrogen-bond donors (Lipinski definition) is 2. The van der Waals surface area contributed by atoms with E-state index in [1.54, 1.807) is 0 Å². The molecule has 0 aliphatic rings. The van der Waals surface area contributed by atoms with E-state index < -0.39 is 12.0 Å². The molecule has 88 valence electrons. The maximum Gasteiger partial charge on any atom is 0.320 e. The summed E-state index contributed by atoms with van der Waals surface area (Å²) >= 11 is 0. The Kier molecular flexibility index (Phi) is 4.99. The van der Waals surface area contributed by atoms with Crippen LogP contribution in [0.2, 0.25) is 0 Å². The van der Waals surface area contributed by atoms with Gasteiger partial charge in [0.1, 0.15) is 6.04 Å². The van der Waals surface area contributed by atoms with Crippen molar-refractivity contribution in [3.05, 3.63) is 35.4 Å². The molecule has 0 aliphatic carbocycles. The van der Waals surface area contributed by atoms with E-state index in [4.69, 9.17) is 10.8 Å². The first kappa shape index (κ1) is 12.7. The van der Waals surface area contributed by atoms with Crippen LogP contribution >= 0.6 is 0 Å². The van der Waals surface area contributed by atoms with Gasteiger partial charge >= 0.3 is 5.97 Å². The minimum atomic E-state index is -0.949. The maximum atomic E-state index is 10.6. The molecular formula is C13H19NO2. The third-order valence-corrected chi connectivity index (χ3v) is 2.61. The monoisotopic (exact) mass is 221 g/mol.